The van der Waals surface area contributed by atoms with Crippen molar-refractivity contribution in [3.63, 3.8) is 0 Å². The Morgan fingerprint density at radius 2 is 1.90 bits per heavy atom. The van der Waals surface area contributed by atoms with Gasteiger partial charge in [-0.2, -0.15) is 5.10 Å². The van der Waals surface area contributed by atoms with Gasteiger partial charge < -0.3 is 4.90 Å². The standard InChI is InChI=1S/C24H27N5O/c1-18-7-2-3-9-21(18)24-22-16-27(15-20-8-4-5-10-25-20)13-19(22)14-29(24)23(30)17-28-12-6-11-26-28/h2-12,19,22,24H,13-17H2,1H3/t19-,22-,24+/m0/s1. The summed E-state index contributed by atoms with van der Waals surface area (Å²) in [6, 6.07) is 16.6. The van der Waals surface area contributed by atoms with Crippen molar-refractivity contribution in [2.24, 2.45) is 11.8 Å². The van der Waals surface area contributed by atoms with Crippen molar-refractivity contribution in [2.75, 3.05) is 19.6 Å². The molecule has 2 aliphatic rings. The summed E-state index contributed by atoms with van der Waals surface area (Å²) in [5, 5.41) is 4.23. The van der Waals surface area contributed by atoms with Gasteiger partial charge in [0, 0.05) is 50.7 Å². The van der Waals surface area contributed by atoms with E-state index in [0.717, 1.165) is 31.9 Å². The summed E-state index contributed by atoms with van der Waals surface area (Å²) in [6.45, 7) is 6.13. The maximum absolute atomic E-state index is 13.3. The first-order chi connectivity index (χ1) is 14.7. The van der Waals surface area contributed by atoms with Crippen LogP contribution in [0.25, 0.3) is 0 Å². The Balaban J connectivity index is 1.39. The van der Waals surface area contributed by atoms with Crippen molar-refractivity contribution in [3.8, 4) is 0 Å². The molecule has 0 unspecified atom stereocenters. The number of likely N-dealkylation sites (tertiary alicyclic amines) is 2. The van der Waals surface area contributed by atoms with Gasteiger partial charge in [-0.05, 0) is 42.2 Å². The molecule has 2 fully saturated rings. The van der Waals surface area contributed by atoms with Crippen LogP contribution >= 0.6 is 0 Å². The Bertz CT molecular complexity index is 1000. The summed E-state index contributed by atoms with van der Waals surface area (Å²) in [4.78, 5) is 22.4. The van der Waals surface area contributed by atoms with Gasteiger partial charge in [-0.1, -0.05) is 30.3 Å². The summed E-state index contributed by atoms with van der Waals surface area (Å²) in [5.74, 6) is 1.08. The van der Waals surface area contributed by atoms with Crippen molar-refractivity contribution in [1.29, 1.82) is 0 Å². The fraction of sp³-hybridized carbons (Fsp3) is 0.375. The molecular weight excluding hydrogens is 374 g/mol. The van der Waals surface area contributed by atoms with Gasteiger partial charge in [-0.25, -0.2) is 0 Å². The van der Waals surface area contributed by atoms with Gasteiger partial charge in [0.15, 0.2) is 0 Å². The minimum atomic E-state index is 0.119. The van der Waals surface area contributed by atoms with Crippen molar-refractivity contribution in [1.82, 2.24) is 24.6 Å². The number of carbonyl (C=O) groups is 1. The van der Waals surface area contributed by atoms with Gasteiger partial charge >= 0.3 is 0 Å². The van der Waals surface area contributed by atoms with Crippen LogP contribution in [0.15, 0.2) is 67.1 Å². The fourth-order valence-corrected chi connectivity index (χ4v) is 5.18. The number of hydrogen-bond donors (Lipinski definition) is 0. The largest absolute Gasteiger partial charge is 0.333 e. The maximum atomic E-state index is 13.3. The second-order valence-corrected chi connectivity index (χ2v) is 8.49. The molecule has 154 valence electrons. The third-order valence-electron chi connectivity index (χ3n) is 6.54. The quantitative estimate of drug-likeness (QED) is 0.660. The molecule has 2 aromatic heterocycles. The first-order valence-electron chi connectivity index (χ1n) is 10.6. The van der Waals surface area contributed by atoms with Gasteiger partial charge in [0.2, 0.25) is 5.91 Å². The summed E-state index contributed by atoms with van der Waals surface area (Å²) in [7, 11) is 0. The van der Waals surface area contributed by atoms with Crippen LogP contribution in [0.2, 0.25) is 0 Å². The number of hydrogen-bond acceptors (Lipinski definition) is 4. The van der Waals surface area contributed by atoms with Gasteiger partial charge in [-0.15, -0.1) is 0 Å². The molecule has 5 rings (SSSR count). The summed E-state index contributed by atoms with van der Waals surface area (Å²) >= 11 is 0. The van der Waals surface area contributed by atoms with Crippen LogP contribution in [0, 0.1) is 18.8 Å². The summed E-state index contributed by atoms with van der Waals surface area (Å²) < 4.78 is 1.72. The molecule has 4 heterocycles. The van der Waals surface area contributed by atoms with Gasteiger partial charge in [0.1, 0.15) is 6.54 Å². The molecule has 6 nitrogen and oxygen atoms in total. The van der Waals surface area contributed by atoms with Crippen LogP contribution in [0.5, 0.6) is 0 Å². The number of fused-ring (bicyclic) bond motifs is 1. The van der Waals surface area contributed by atoms with Crippen LogP contribution in [0.1, 0.15) is 22.9 Å². The molecule has 0 spiro atoms. The molecular formula is C24H27N5O. The number of nitrogens with zero attached hydrogens (tertiary/aromatic N) is 5. The number of rotatable bonds is 5. The lowest BCUT2D eigenvalue weighted by Gasteiger charge is -2.31. The van der Waals surface area contributed by atoms with E-state index in [1.54, 1.807) is 10.9 Å². The van der Waals surface area contributed by atoms with Crippen molar-refractivity contribution in [2.45, 2.75) is 26.1 Å². The summed E-state index contributed by atoms with van der Waals surface area (Å²) in [6.07, 6.45) is 5.44. The third-order valence-corrected chi connectivity index (χ3v) is 6.54. The highest BCUT2D eigenvalue weighted by Gasteiger charge is 2.49. The number of aromatic nitrogens is 3. The van der Waals surface area contributed by atoms with E-state index in [4.69, 9.17) is 0 Å². The first kappa shape index (κ1) is 19.0. The molecule has 30 heavy (non-hydrogen) atoms. The second kappa shape index (κ2) is 8.03. The monoisotopic (exact) mass is 401 g/mol. The average molecular weight is 402 g/mol. The Labute approximate surface area is 177 Å². The van der Waals surface area contributed by atoms with E-state index in [1.807, 2.05) is 30.6 Å². The predicted octanol–water partition coefficient (Wildman–Crippen LogP) is 2.92. The van der Waals surface area contributed by atoms with Crippen LogP contribution in [0.4, 0.5) is 0 Å². The zero-order chi connectivity index (χ0) is 20.5. The Kier molecular flexibility index (Phi) is 5.09. The van der Waals surface area contributed by atoms with Crippen molar-refractivity contribution < 1.29 is 4.79 Å². The molecule has 0 bridgehead atoms. The molecule has 2 saturated heterocycles. The molecule has 6 heteroatoms. The molecule has 0 aliphatic carbocycles. The topological polar surface area (TPSA) is 54.3 Å². The maximum Gasteiger partial charge on any atom is 0.244 e. The van der Waals surface area contributed by atoms with Crippen LogP contribution < -0.4 is 0 Å². The highest BCUT2D eigenvalue weighted by Crippen LogP contribution is 2.46. The number of benzene rings is 1. The molecule has 0 saturated carbocycles. The van der Waals surface area contributed by atoms with E-state index in [-0.39, 0.29) is 11.9 Å². The normalized spacial score (nSPS) is 23.6. The highest BCUT2D eigenvalue weighted by molar-refractivity contribution is 5.77. The van der Waals surface area contributed by atoms with E-state index < -0.39 is 0 Å². The van der Waals surface area contributed by atoms with E-state index in [1.165, 1.54) is 11.1 Å². The smallest absolute Gasteiger partial charge is 0.244 e. The molecule has 3 aromatic rings. The van der Waals surface area contributed by atoms with E-state index in [2.05, 4.69) is 57.1 Å². The number of amides is 1. The average Bonchev–Trinajstić information content (AvgIpc) is 3.46. The zero-order valence-electron chi connectivity index (χ0n) is 17.3. The van der Waals surface area contributed by atoms with Gasteiger partial charge in [0.25, 0.3) is 0 Å². The SMILES string of the molecule is Cc1ccccc1[C@@H]1[C@H]2CN(Cc3ccccn3)C[C@H]2CN1C(=O)Cn1cccn1. The molecule has 0 N–H and O–H groups in total. The minimum absolute atomic E-state index is 0.119. The number of pyridine rings is 1. The number of aryl methyl sites for hydroxylation is 1. The molecule has 3 atom stereocenters. The van der Waals surface area contributed by atoms with Gasteiger partial charge in [-0.3, -0.25) is 19.4 Å². The summed E-state index contributed by atoms with van der Waals surface area (Å²) in [5.41, 5.74) is 3.64. The molecule has 1 amide bonds. The number of carbonyl (C=O) groups excluding carboxylic acids is 1. The molecule has 2 aliphatic heterocycles. The first-order valence-corrected chi connectivity index (χ1v) is 10.6. The van der Waals surface area contributed by atoms with Crippen LogP contribution in [-0.2, 0) is 17.9 Å². The fourth-order valence-electron chi connectivity index (χ4n) is 5.18. The molecule has 1 aromatic carbocycles. The lowest BCUT2D eigenvalue weighted by molar-refractivity contribution is -0.133. The molecule has 0 radical (unpaired) electrons. The third kappa shape index (κ3) is 3.63. The van der Waals surface area contributed by atoms with E-state index >= 15 is 0 Å². The van der Waals surface area contributed by atoms with E-state index in [9.17, 15) is 4.79 Å². The lowest BCUT2D eigenvalue weighted by Crippen LogP contribution is -2.37. The predicted molar refractivity (Wildman–Crippen MR) is 114 cm³/mol. The lowest BCUT2D eigenvalue weighted by atomic mass is 9.87. The van der Waals surface area contributed by atoms with Crippen LogP contribution in [0.3, 0.4) is 0 Å². The van der Waals surface area contributed by atoms with Crippen LogP contribution in [-0.4, -0.2) is 50.1 Å². The Morgan fingerprint density at radius 1 is 1.03 bits per heavy atom. The Morgan fingerprint density at radius 3 is 2.67 bits per heavy atom. The van der Waals surface area contributed by atoms with Gasteiger partial charge in [0.05, 0.1) is 11.7 Å². The second-order valence-electron chi connectivity index (χ2n) is 8.49. The highest BCUT2D eigenvalue weighted by atomic mass is 16.2. The Hall–Kier alpha value is -2.99. The van der Waals surface area contributed by atoms with E-state index in [0.29, 0.717) is 18.4 Å². The minimum Gasteiger partial charge on any atom is -0.333 e. The zero-order valence-corrected chi connectivity index (χ0v) is 17.3. The van der Waals surface area contributed by atoms with Crippen molar-refractivity contribution in [3.05, 3.63) is 83.9 Å². The van der Waals surface area contributed by atoms with Crippen molar-refractivity contribution >= 4 is 5.91 Å².